The summed E-state index contributed by atoms with van der Waals surface area (Å²) in [6, 6.07) is 0. The molecule has 0 spiro atoms. The van der Waals surface area contributed by atoms with Crippen LogP contribution in [-0.2, 0) is 0 Å². The van der Waals surface area contributed by atoms with Gasteiger partial charge in [0.15, 0.2) is 0 Å². The van der Waals surface area contributed by atoms with E-state index in [1.54, 1.807) is 0 Å². The van der Waals surface area contributed by atoms with Gasteiger partial charge in [0.05, 0.1) is 0 Å². The normalized spacial score (nSPS) is 45.3. The van der Waals surface area contributed by atoms with Gasteiger partial charge in [-0.2, -0.15) is 0 Å². The Kier molecular flexibility index (Phi) is 2.15. The third kappa shape index (κ3) is 1.36. The highest BCUT2D eigenvalue weighted by molar-refractivity contribution is 5.12. The van der Waals surface area contributed by atoms with E-state index in [1.807, 2.05) is 0 Å². The second kappa shape index (κ2) is 2.78. The van der Waals surface area contributed by atoms with Crippen molar-refractivity contribution < 1.29 is 25.5 Å². The molecule has 0 radical (unpaired) electrons. The van der Waals surface area contributed by atoms with Gasteiger partial charge in [-0.1, -0.05) is 0 Å². The Morgan fingerprint density at radius 1 is 1.00 bits per heavy atom. The van der Waals surface area contributed by atoms with Gasteiger partial charge in [-0.3, -0.25) is 0 Å². The number of rotatable bonds is 0. The van der Waals surface area contributed by atoms with Crippen molar-refractivity contribution in [2.45, 2.75) is 24.4 Å². The van der Waals surface area contributed by atoms with E-state index in [0.29, 0.717) is 0 Å². The van der Waals surface area contributed by atoms with Crippen molar-refractivity contribution in [2.24, 2.45) is 0 Å². The largest absolute Gasteiger partial charge is 0.510 e. The smallest absolute Gasteiger partial charge is 0.139 e. The zero-order valence-corrected chi connectivity index (χ0v) is 5.62. The van der Waals surface area contributed by atoms with Crippen molar-refractivity contribution in [1.82, 2.24) is 0 Å². The van der Waals surface area contributed by atoms with E-state index < -0.39 is 30.2 Å². The maximum atomic E-state index is 8.93. The summed E-state index contributed by atoms with van der Waals surface area (Å²) in [7, 11) is 0. The third-order valence-corrected chi connectivity index (χ3v) is 1.67. The lowest BCUT2D eigenvalue weighted by Gasteiger charge is -2.29. The summed E-state index contributed by atoms with van der Waals surface area (Å²) in [5, 5.41) is 44.4. The average molecular weight is 162 g/mol. The van der Waals surface area contributed by atoms with Gasteiger partial charge in [-0.15, -0.1) is 0 Å². The van der Waals surface area contributed by atoms with E-state index in [2.05, 4.69) is 0 Å². The second-order valence-corrected chi connectivity index (χ2v) is 2.51. The highest BCUT2D eigenvalue weighted by Crippen LogP contribution is 2.17. The molecule has 0 aliphatic heterocycles. The Bertz CT molecular complexity index is 178. The summed E-state index contributed by atoms with van der Waals surface area (Å²) >= 11 is 0. The van der Waals surface area contributed by atoms with E-state index in [0.717, 1.165) is 6.08 Å². The molecule has 5 heteroatoms. The van der Waals surface area contributed by atoms with Crippen molar-refractivity contribution in [3.8, 4) is 0 Å². The van der Waals surface area contributed by atoms with Crippen LogP contribution in [0.5, 0.6) is 0 Å². The van der Waals surface area contributed by atoms with Crippen LogP contribution >= 0.6 is 0 Å². The Morgan fingerprint density at radius 3 is 2.09 bits per heavy atom. The van der Waals surface area contributed by atoms with Crippen LogP contribution in [0, 0.1) is 0 Å². The van der Waals surface area contributed by atoms with Crippen molar-refractivity contribution >= 4 is 0 Å². The molecule has 11 heavy (non-hydrogen) atoms. The van der Waals surface area contributed by atoms with Crippen LogP contribution in [0.15, 0.2) is 11.8 Å². The van der Waals surface area contributed by atoms with E-state index in [1.165, 1.54) is 0 Å². The van der Waals surface area contributed by atoms with Crippen LogP contribution in [0.3, 0.4) is 0 Å². The van der Waals surface area contributed by atoms with Gasteiger partial charge in [0.25, 0.3) is 0 Å². The number of aliphatic hydroxyl groups is 5. The molecular weight excluding hydrogens is 152 g/mol. The molecule has 64 valence electrons. The lowest BCUT2D eigenvalue weighted by molar-refractivity contribution is -0.104. The Labute approximate surface area is 62.8 Å². The highest BCUT2D eigenvalue weighted by Gasteiger charge is 2.36. The summed E-state index contributed by atoms with van der Waals surface area (Å²) in [6.07, 6.45) is -4.92. The summed E-state index contributed by atoms with van der Waals surface area (Å²) < 4.78 is 0. The van der Waals surface area contributed by atoms with Crippen molar-refractivity contribution in [3.05, 3.63) is 11.8 Å². The zero-order valence-electron chi connectivity index (χ0n) is 5.62. The lowest BCUT2D eigenvalue weighted by atomic mass is 9.95. The van der Waals surface area contributed by atoms with Crippen LogP contribution in [0.1, 0.15) is 0 Å². The van der Waals surface area contributed by atoms with Gasteiger partial charge in [0, 0.05) is 0 Å². The Balaban J connectivity index is 2.83. The monoisotopic (exact) mass is 162 g/mol. The predicted octanol–water partition coefficient (Wildman–Crippen LogP) is -2.11. The van der Waals surface area contributed by atoms with Gasteiger partial charge in [0.1, 0.15) is 30.2 Å². The molecule has 0 bridgehead atoms. The topological polar surface area (TPSA) is 101 Å². The standard InChI is InChI=1S/C6H10O5/c7-2-1-3(8)5(10)6(11)4(2)9/h1-2,4-11H. The summed E-state index contributed by atoms with van der Waals surface area (Å²) in [5.74, 6) is -0.518. The van der Waals surface area contributed by atoms with Crippen LogP contribution in [-0.4, -0.2) is 49.9 Å². The fraction of sp³-hybridized carbons (Fsp3) is 0.667. The van der Waals surface area contributed by atoms with Crippen LogP contribution in [0.25, 0.3) is 0 Å². The van der Waals surface area contributed by atoms with E-state index in [-0.39, 0.29) is 0 Å². The maximum Gasteiger partial charge on any atom is 0.139 e. The highest BCUT2D eigenvalue weighted by atomic mass is 16.4. The summed E-state index contributed by atoms with van der Waals surface area (Å²) in [6.45, 7) is 0. The summed E-state index contributed by atoms with van der Waals surface area (Å²) in [5.41, 5.74) is 0. The molecule has 4 unspecified atom stereocenters. The molecule has 5 N–H and O–H groups in total. The predicted molar refractivity (Wildman–Crippen MR) is 34.7 cm³/mol. The third-order valence-electron chi connectivity index (χ3n) is 1.67. The first kappa shape index (κ1) is 8.48. The minimum Gasteiger partial charge on any atom is -0.510 e. The molecule has 0 aromatic heterocycles. The minimum atomic E-state index is -1.53. The van der Waals surface area contributed by atoms with Crippen molar-refractivity contribution in [3.63, 3.8) is 0 Å². The van der Waals surface area contributed by atoms with E-state index in [9.17, 15) is 0 Å². The van der Waals surface area contributed by atoms with Crippen LogP contribution in [0.2, 0.25) is 0 Å². The first-order valence-electron chi connectivity index (χ1n) is 3.17. The quantitative estimate of drug-likeness (QED) is 0.280. The first-order valence-corrected chi connectivity index (χ1v) is 3.17. The van der Waals surface area contributed by atoms with E-state index in [4.69, 9.17) is 25.5 Å². The average Bonchev–Trinajstić information content (AvgIpc) is 1.97. The van der Waals surface area contributed by atoms with Gasteiger partial charge in [-0.05, 0) is 6.08 Å². The SMILES string of the molecule is OC1=CC(O)C(O)C(O)C1O. The minimum absolute atomic E-state index is 0.518. The number of aliphatic hydroxyl groups excluding tert-OH is 5. The molecular formula is C6H10O5. The fourth-order valence-electron chi connectivity index (χ4n) is 0.936. The van der Waals surface area contributed by atoms with Gasteiger partial charge in [-0.25, -0.2) is 0 Å². The molecule has 5 nitrogen and oxygen atoms in total. The number of hydrogen-bond acceptors (Lipinski definition) is 5. The van der Waals surface area contributed by atoms with E-state index >= 15 is 0 Å². The molecule has 4 atom stereocenters. The lowest BCUT2D eigenvalue weighted by Crippen LogP contribution is -2.48. The molecule has 1 rings (SSSR count). The fourth-order valence-corrected chi connectivity index (χ4v) is 0.936. The maximum absolute atomic E-state index is 8.93. The zero-order chi connectivity index (χ0) is 8.59. The van der Waals surface area contributed by atoms with Crippen molar-refractivity contribution in [2.75, 3.05) is 0 Å². The molecule has 0 saturated heterocycles. The molecule has 1 aliphatic carbocycles. The molecule has 1 aliphatic rings. The van der Waals surface area contributed by atoms with Gasteiger partial charge < -0.3 is 25.5 Å². The molecule has 0 heterocycles. The Morgan fingerprint density at radius 2 is 1.55 bits per heavy atom. The van der Waals surface area contributed by atoms with Crippen LogP contribution < -0.4 is 0 Å². The summed E-state index contributed by atoms with van der Waals surface area (Å²) in [4.78, 5) is 0. The van der Waals surface area contributed by atoms with Crippen LogP contribution in [0.4, 0.5) is 0 Å². The van der Waals surface area contributed by atoms with Gasteiger partial charge in [0.2, 0.25) is 0 Å². The molecule has 0 saturated carbocycles. The second-order valence-electron chi connectivity index (χ2n) is 2.51. The molecule has 0 aromatic rings. The van der Waals surface area contributed by atoms with Gasteiger partial charge >= 0.3 is 0 Å². The van der Waals surface area contributed by atoms with Crippen molar-refractivity contribution in [1.29, 1.82) is 0 Å². The molecule has 0 fully saturated rings. The molecule has 0 amide bonds. The Hall–Kier alpha value is -0.620. The first-order chi connectivity index (χ1) is 5.04. The molecule has 0 aromatic carbocycles. The number of hydrogen-bond donors (Lipinski definition) is 5.